The maximum Gasteiger partial charge on any atom is 0.331 e. The van der Waals surface area contributed by atoms with Crippen LogP contribution in [-0.2, 0) is 22.6 Å². The normalized spacial score (nSPS) is 11.9. The molecule has 30 heavy (non-hydrogen) atoms. The number of carbonyl (C=O) groups excluding carboxylic acids is 1. The van der Waals surface area contributed by atoms with Gasteiger partial charge in [-0.3, -0.25) is 0 Å². The summed E-state index contributed by atoms with van der Waals surface area (Å²) >= 11 is 0. The lowest BCUT2D eigenvalue weighted by molar-refractivity contribution is -0.140. The summed E-state index contributed by atoms with van der Waals surface area (Å²) in [6.07, 6.45) is 0.906. The van der Waals surface area contributed by atoms with Crippen LogP contribution in [0.3, 0.4) is 0 Å². The van der Waals surface area contributed by atoms with Crippen LogP contribution < -0.4 is 0 Å². The van der Waals surface area contributed by atoms with Gasteiger partial charge in [0, 0.05) is 35.3 Å². The minimum absolute atomic E-state index is 0.418. The molecule has 4 rings (SSSR count). The lowest BCUT2D eigenvalue weighted by atomic mass is 10.0. The molecule has 0 radical (unpaired) electrons. The zero-order valence-electron chi connectivity index (χ0n) is 17.9. The van der Waals surface area contributed by atoms with Crippen LogP contribution >= 0.6 is 0 Å². The molecule has 4 nitrogen and oxygen atoms in total. The first-order valence-electron chi connectivity index (χ1n) is 10.3. The third-order valence-corrected chi connectivity index (χ3v) is 5.47. The quantitative estimate of drug-likeness (QED) is 0.235. The summed E-state index contributed by atoms with van der Waals surface area (Å²) in [5.41, 5.74) is 7.95. The number of aryl methyl sites for hydroxylation is 2. The van der Waals surface area contributed by atoms with E-state index in [1.54, 1.807) is 0 Å². The highest BCUT2D eigenvalue weighted by Crippen LogP contribution is 2.31. The fourth-order valence-corrected chi connectivity index (χ4v) is 4.07. The summed E-state index contributed by atoms with van der Waals surface area (Å²) in [5, 5.41) is 6.37. The second-order valence-electron chi connectivity index (χ2n) is 7.75. The van der Waals surface area contributed by atoms with Gasteiger partial charge in [0.25, 0.3) is 0 Å². The molecule has 0 unspecified atom stereocenters. The lowest BCUT2D eigenvalue weighted by Gasteiger charge is -2.05. The Morgan fingerprint density at radius 2 is 1.63 bits per heavy atom. The third kappa shape index (κ3) is 3.86. The van der Waals surface area contributed by atoms with Gasteiger partial charge in [-0.15, -0.1) is 0 Å². The molecule has 1 aromatic heterocycles. The number of rotatable bonds is 5. The fraction of sp³-hybridized carbons (Fsp3) is 0.231. The summed E-state index contributed by atoms with van der Waals surface area (Å²) in [6.45, 7) is 8.40. The van der Waals surface area contributed by atoms with Gasteiger partial charge in [0.05, 0.1) is 5.71 Å². The molecule has 0 aliphatic carbocycles. The van der Waals surface area contributed by atoms with Crippen molar-refractivity contribution in [3.63, 3.8) is 0 Å². The van der Waals surface area contributed by atoms with Crippen LogP contribution in [0.25, 0.3) is 21.8 Å². The molecule has 0 bridgehead atoms. The summed E-state index contributed by atoms with van der Waals surface area (Å²) in [5.74, 6) is -0.418. The highest BCUT2D eigenvalue weighted by atomic mass is 16.7. The van der Waals surface area contributed by atoms with Crippen LogP contribution in [0, 0.1) is 6.92 Å². The van der Waals surface area contributed by atoms with E-state index in [-0.39, 0.29) is 0 Å². The molecule has 0 N–H and O–H groups in total. The van der Waals surface area contributed by atoms with Crippen molar-refractivity contribution in [2.45, 2.75) is 40.7 Å². The van der Waals surface area contributed by atoms with Crippen molar-refractivity contribution in [2.75, 3.05) is 0 Å². The number of carbonyl (C=O) groups is 1. The van der Waals surface area contributed by atoms with Crippen LogP contribution in [-0.4, -0.2) is 16.2 Å². The summed E-state index contributed by atoms with van der Waals surface area (Å²) in [7, 11) is 0. The molecule has 1 heterocycles. The van der Waals surface area contributed by atoms with Crippen LogP contribution in [0.5, 0.6) is 0 Å². The first kappa shape index (κ1) is 19.9. The van der Waals surface area contributed by atoms with E-state index in [9.17, 15) is 4.79 Å². The number of fused-ring (bicyclic) bond motifs is 3. The van der Waals surface area contributed by atoms with E-state index in [0.29, 0.717) is 5.71 Å². The number of hydrogen-bond acceptors (Lipinski definition) is 3. The predicted octanol–water partition coefficient (Wildman–Crippen LogP) is 6.00. The fourth-order valence-electron chi connectivity index (χ4n) is 4.07. The highest BCUT2D eigenvalue weighted by Gasteiger charge is 2.12. The highest BCUT2D eigenvalue weighted by molar-refractivity contribution is 6.11. The molecule has 3 aromatic carbocycles. The zero-order valence-corrected chi connectivity index (χ0v) is 17.9. The molecule has 152 valence electrons. The Bertz CT molecular complexity index is 1280. The number of hydrogen-bond donors (Lipinski definition) is 0. The minimum Gasteiger partial charge on any atom is -0.341 e. The SMILES string of the molecule is CCn1c2ccc(Cc3cccc(C)c3)cc2c2cc(C(C)=NOC(C)=O)ccc21. The average Bonchev–Trinajstić information content (AvgIpc) is 3.04. The zero-order chi connectivity index (χ0) is 21.3. The first-order valence-corrected chi connectivity index (χ1v) is 10.3. The van der Waals surface area contributed by atoms with Crippen molar-refractivity contribution < 1.29 is 9.63 Å². The summed E-state index contributed by atoms with van der Waals surface area (Å²) < 4.78 is 2.34. The maximum absolute atomic E-state index is 11.1. The topological polar surface area (TPSA) is 43.6 Å². The third-order valence-electron chi connectivity index (χ3n) is 5.47. The van der Waals surface area contributed by atoms with Gasteiger partial charge in [-0.1, -0.05) is 47.1 Å². The molecule has 0 amide bonds. The van der Waals surface area contributed by atoms with Gasteiger partial charge >= 0.3 is 5.97 Å². The van der Waals surface area contributed by atoms with Gasteiger partial charge in [-0.05, 0) is 68.1 Å². The van der Waals surface area contributed by atoms with Crippen LogP contribution in [0.15, 0.2) is 65.8 Å². The lowest BCUT2D eigenvalue weighted by Crippen LogP contribution is -1.99. The Labute approximate surface area is 176 Å². The molecule has 0 atom stereocenters. The van der Waals surface area contributed by atoms with E-state index >= 15 is 0 Å². The van der Waals surface area contributed by atoms with Crippen LogP contribution in [0.1, 0.15) is 43.0 Å². The van der Waals surface area contributed by atoms with Crippen LogP contribution in [0.4, 0.5) is 0 Å². The molecule has 0 aliphatic rings. The summed E-state index contributed by atoms with van der Waals surface area (Å²) in [6, 6.07) is 21.7. The largest absolute Gasteiger partial charge is 0.341 e. The standard InChI is InChI=1S/C26H26N2O2/c1-5-28-25-11-9-21(14-20-8-6-7-17(2)13-20)15-23(25)24-16-22(10-12-26(24)28)18(3)27-30-19(4)29/h6-13,15-16H,5,14H2,1-4H3. The first-order chi connectivity index (χ1) is 14.5. The smallest absolute Gasteiger partial charge is 0.331 e. The second-order valence-corrected chi connectivity index (χ2v) is 7.75. The predicted molar refractivity (Wildman–Crippen MR) is 123 cm³/mol. The summed E-state index contributed by atoms with van der Waals surface area (Å²) in [4.78, 5) is 15.9. The Kier molecular flexibility index (Phi) is 5.40. The van der Waals surface area contributed by atoms with Gasteiger partial charge in [0.1, 0.15) is 0 Å². The van der Waals surface area contributed by atoms with Crippen molar-refractivity contribution >= 4 is 33.5 Å². The number of aromatic nitrogens is 1. The molecule has 0 aliphatic heterocycles. The van der Waals surface area contributed by atoms with Gasteiger partial charge in [0.2, 0.25) is 0 Å². The van der Waals surface area contributed by atoms with E-state index in [0.717, 1.165) is 18.5 Å². The Morgan fingerprint density at radius 3 is 2.33 bits per heavy atom. The number of nitrogens with zero attached hydrogens (tertiary/aromatic N) is 2. The molecule has 4 aromatic rings. The average molecular weight is 399 g/mol. The molecule has 0 saturated carbocycles. The molecular formula is C26H26N2O2. The van der Waals surface area contributed by atoms with E-state index in [2.05, 4.69) is 78.2 Å². The van der Waals surface area contributed by atoms with E-state index in [1.807, 2.05) is 13.0 Å². The maximum atomic E-state index is 11.1. The van der Waals surface area contributed by atoms with Gasteiger partial charge in [-0.25, -0.2) is 4.79 Å². The molecule has 4 heteroatoms. The van der Waals surface area contributed by atoms with E-state index in [4.69, 9.17) is 4.84 Å². The Hall–Kier alpha value is -3.40. The van der Waals surface area contributed by atoms with Gasteiger partial charge < -0.3 is 9.40 Å². The van der Waals surface area contributed by atoms with Crippen LogP contribution in [0.2, 0.25) is 0 Å². The molecule has 0 fully saturated rings. The van der Waals surface area contributed by atoms with Crippen molar-refractivity contribution in [3.05, 3.63) is 82.9 Å². The minimum atomic E-state index is -0.418. The molecule has 0 saturated heterocycles. The number of benzene rings is 3. The van der Waals surface area contributed by atoms with Crippen molar-refractivity contribution in [1.82, 2.24) is 4.57 Å². The molecular weight excluding hydrogens is 372 g/mol. The van der Waals surface area contributed by atoms with E-state index in [1.165, 1.54) is 45.4 Å². The number of oxime groups is 1. The van der Waals surface area contributed by atoms with E-state index < -0.39 is 5.97 Å². The van der Waals surface area contributed by atoms with Gasteiger partial charge in [0.15, 0.2) is 0 Å². The monoisotopic (exact) mass is 398 g/mol. The van der Waals surface area contributed by atoms with Crippen molar-refractivity contribution in [3.8, 4) is 0 Å². The van der Waals surface area contributed by atoms with Gasteiger partial charge in [-0.2, -0.15) is 0 Å². The molecule has 0 spiro atoms. The van der Waals surface area contributed by atoms with Crippen molar-refractivity contribution in [2.24, 2.45) is 5.16 Å². The second kappa shape index (κ2) is 8.15. The Morgan fingerprint density at radius 1 is 0.933 bits per heavy atom. The Balaban J connectivity index is 1.82. The van der Waals surface area contributed by atoms with Crippen molar-refractivity contribution in [1.29, 1.82) is 0 Å².